The summed E-state index contributed by atoms with van der Waals surface area (Å²) >= 11 is 1.97. The number of likely N-dealkylation sites (tertiary alicyclic amines) is 1. The van der Waals surface area contributed by atoms with Gasteiger partial charge >= 0.3 is 0 Å². The minimum absolute atomic E-state index is 0.335. The molecule has 0 bridgehead atoms. The van der Waals surface area contributed by atoms with Crippen LogP contribution in [0.5, 0.6) is 0 Å². The summed E-state index contributed by atoms with van der Waals surface area (Å²) in [7, 11) is 0. The molecule has 2 rings (SSSR count). The van der Waals surface area contributed by atoms with E-state index in [4.69, 9.17) is 0 Å². The maximum atomic E-state index is 11.3. The molecule has 0 spiro atoms. The summed E-state index contributed by atoms with van der Waals surface area (Å²) in [6.07, 6.45) is 6.47. The van der Waals surface area contributed by atoms with E-state index in [0.717, 1.165) is 32.4 Å². The van der Waals surface area contributed by atoms with E-state index in [9.17, 15) is 4.79 Å². The minimum atomic E-state index is 0.335. The van der Waals surface area contributed by atoms with Gasteiger partial charge in [0.25, 0.3) is 0 Å². The van der Waals surface area contributed by atoms with Gasteiger partial charge in [-0.05, 0) is 37.0 Å². The smallest absolute Gasteiger partial charge is 0.224 e. The molecular formula is C17H25NOS. The van der Waals surface area contributed by atoms with Crippen LogP contribution in [0.1, 0.15) is 31.7 Å². The monoisotopic (exact) mass is 291 g/mol. The van der Waals surface area contributed by atoms with Crippen LogP contribution in [0.15, 0.2) is 30.3 Å². The van der Waals surface area contributed by atoms with Gasteiger partial charge in [-0.25, -0.2) is 0 Å². The first-order chi connectivity index (χ1) is 9.70. The highest BCUT2D eigenvalue weighted by Gasteiger charge is 2.25. The van der Waals surface area contributed by atoms with Crippen molar-refractivity contribution in [2.24, 2.45) is 5.92 Å². The Morgan fingerprint density at radius 1 is 1.25 bits per heavy atom. The zero-order valence-corrected chi connectivity index (χ0v) is 13.4. The molecule has 2 nitrogen and oxygen atoms in total. The molecule has 110 valence electrons. The summed E-state index contributed by atoms with van der Waals surface area (Å²) in [6.45, 7) is 4.25. The number of aryl methyl sites for hydroxylation is 1. The molecule has 2 unspecified atom stereocenters. The minimum Gasteiger partial charge on any atom is -0.342 e. The second-order valence-corrected chi connectivity index (χ2v) is 6.77. The number of thioether (sulfide) groups is 1. The molecule has 3 heteroatoms. The summed E-state index contributed by atoms with van der Waals surface area (Å²) in [5.41, 5.74) is 1.43. The van der Waals surface area contributed by atoms with Gasteiger partial charge in [-0.2, -0.15) is 11.8 Å². The summed E-state index contributed by atoms with van der Waals surface area (Å²) in [4.78, 5) is 13.3. The molecule has 0 aromatic heterocycles. The van der Waals surface area contributed by atoms with Gasteiger partial charge in [0, 0.05) is 24.8 Å². The van der Waals surface area contributed by atoms with Crippen molar-refractivity contribution in [3.63, 3.8) is 0 Å². The second kappa shape index (κ2) is 7.72. The van der Waals surface area contributed by atoms with E-state index < -0.39 is 0 Å². The van der Waals surface area contributed by atoms with Gasteiger partial charge in [0.05, 0.1) is 0 Å². The van der Waals surface area contributed by atoms with Crippen molar-refractivity contribution in [3.05, 3.63) is 35.9 Å². The highest BCUT2D eigenvalue weighted by atomic mass is 32.2. The van der Waals surface area contributed by atoms with Crippen LogP contribution in [0.4, 0.5) is 0 Å². The fourth-order valence-corrected chi connectivity index (χ4v) is 3.69. The lowest BCUT2D eigenvalue weighted by Crippen LogP contribution is -2.44. The first-order valence-electron chi connectivity index (χ1n) is 7.55. The molecule has 0 N–H and O–H groups in total. The molecule has 20 heavy (non-hydrogen) atoms. The van der Waals surface area contributed by atoms with Gasteiger partial charge in [-0.3, -0.25) is 4.79 Å². The van der Waals surface area contributed by atoms with Crippen LogP contribution in [0.25, 0.3) is 0 Å². The Hall–Kier alpha value is -0.960. The molecule has 1 heterocycles. The number of carbonyl (C=O) groups excluding carboxylic acids is 1. The predicted octanol–water partition coefficient (Wildman–Crippen LogP) is 3.61. The van der Waals surface area contributed by atoms with E-state index in [2.05, 4.69) is 43.5 Å². The normalized spacial score (nSPS) is 17.7. The Bertz CT molecular complexity index is 420. The van der Waals surface area contributed by atoms with Crippen LogP contribution < -0.4 is 0 Å². The average Bonchev–Trinajstić information content (AvgIpc) is 2.47. The zero-order valence-electron chi connectivity index (χ0n) is 12.5. The quantitative estimate of drug-likeness (QED) is 0.682. The molecule has 0 radical (unpaired) electrons. The predicted molar refractivity (Wildman–Crippen MR) is 87.0 cm³/mol. The summed E-state index contributed by atoms with van der Waals surface area (Å²) in [5.74, 6) is 1.00. The van der Waals surface area contributed by atoms with Crippen molar-refractivity contribution < 1.29 is 4.79 Å². The molecule has 1 aromatic rings. The number of nitrogens with zero attached hydrogens (tertiary/aromatic N) is 1. The van der Waals surface area contributed by atoms with Crippen molar-refractivity contribution in [3.8, 4) is 0 Å². The summed E-state index contributed by atoms with van der Waals surface area (Å²) in [6, 6.07) is 10.7. The maximum absolute atomic E-state index is 11.3. The fraction of sp³-hybridized carbons (Fsp3) is 0.588. The third-order valence-electron chi connectivity index (χ3n) is 4.30. The lowest BCUT2D eigenvalue weighted by atomic mass is 9.97. The number of β-lactam (4-membered cyclic amide) rings is 1. The fourth-order valence-electron chi connectivity index (χ4n) is 2.73. The van der Waals surface area contributed by atoms with Crippen molar-refractivity contribution in [2.75, 3.05) is 19.3 Å². The van der Waals surface area contributed by atoms with Crippen molar-refractivity contribution in [1.29, 1.82) is 0 Å². The molecule has 1 saturated heterocycles. The van der Waals surface area contributed by atoms with E-state index in [0.29, 0.717) is 17.1 Å². The lowest BCUT2D eigenvalue weighted by molar-refractivity contribution is -0.139. The van der Waals surface area contributed by atoms with Crippen LogP contribution in [-0.2, 0) is 11.2 Å². The van der Waals surface area contributed by atoms with Crippen molar-refractivity contribution in [2.45, 2.75) is 37.9 Å². The number of carbonyl (C=O) groups is 1. The molecule has 1 aliphatic rings. The van der Waals surface area contributed by atoms with Crippen molar-refractivity contribution in [1.82, 2.24) is 4.90 Å². The molecule has 2 atom stereocenters. The Balaban J connectivity index is 1.73. The zero-order chi connectivity index (χ0) is 14.4. The Morgan fingerprint density at radius 2 is 2.00 bits per heavy atom. The highest BCUT2D eigenvalue weighted by Crippen LogP contribution is 2.26. The van der Waals surface area contributed by atoms with Gasteiger partial charge in [0.15, 0.2) is 0 Å². The van der Waals surface area contributed by atoms with Gasteiger partial charge in [-0.15, -0.1) is 0 Å². The standard InChI is InChI=1S/C17H25NOS/c1-14(10-12-18-13-11-17(18)19)16(20-2)9-8-15-6-4-3-5-7-15/h3-7,14,16H,8-13H2,1-2H3. The average molecular weight is 291 g/mol. The largest absolute Gasteiger partial charge is 0.342 e. The molecule has 1 amide bonds. The topological polar surface area (TPSA) is 20.3 Å². The van der Waals surface area contributed by atoms with E-state index >= 15 is 0 Å². The van der Waals surface area contributed by atoms with Gasteiger partial charge in [-0.1, -0.05) is 37.3 Å². The van der Waals surface area contributed by atoms with Gasteiger partial charge < -0.3 is 4.90 Å². The Morgan fingerprint density at radius 3 is 2.55 bits per heavy atom. The summed E-state index contributed by atoms with van der Waals surface area (Å²) < 4.78 is 0. The molecule has 0 saturated carbocycles. The van der Waals surface area contributed by atoms with Gasteiger partial charge in [0.1, 0.15) is 0 Å². The maximum Gasteiger partial charge on any atom is 0.224 e. The molecule has 1 aliphatic heterocycles. The van der Waals surface area contributed by atoms with Crippen molar-refractivity contribution >= 4 is 17.7 Å². The number of benzene rings is 1. The van der Waals surface area contributed by atoms with Gasteiger partial charge in [0.2, 0.25) is 5.91 Å². The van der Waals surface area contributed by atoms with Crippen LogP contribution in [0.2, 0.25) is 0 Å². The van der Waals surface area contributed by atoms with Crippen LogP contribution in [0, 0.1) is 5.92 Å². The summed E-state index contributed by atoms with van der Waals surface area (Å²) in [5, 5.41) is 0.687. The molecule has 0 aliphatic carbocycles. The van der Waals surface area contributed by atoms with Crippen LogP contribution >= 0.6 is 11.8 Å². The first kappa shape index (κ1) is 15.4. The number of rotatable bonds is 8. The van der Waals surface area contributed by atoms with E-state index in [1.807, 2.05) is 16.7 Å². The Kier molecular flexibility index (Phi) is 5.96. The highest BCUT2D eigenvalue weighted by molar-refractivity contribution is 7.99. The molecular weight excluding hydrogens is 266 g/mol. The number of hydrogen-bond acceptors (Lipinski definition) is 2. The SMILES string of the molecule is CSC(CCc1ccccc1)C(C)CCN1CCC1=O. The van der Waals surface area contributed by atoms with Crippen LogP contribution in [0.3, 0.4) is 0 Å². The number of amides is 1. The molecule has 1 aromatic carbocycles. The lowest BCUT2D eigenvalue weighted by Gasteiger charge is -2.32. The first-order valence-corrected chi connectivity index (χ1v) is 8.84. The third kappa shape index (κ3) is 4.27. The van der Waals surface area contributed by atoms with E-state index in [1.54, 1.807) is 0 Å². The molecule has 1 fully saturated rings. The second-order valence-electron chi connectivity index (χ2n) is 5.70. The van der Waals surface area contributed by atoms with E-state index in [-0.39, 0.29) is 0 Å². The van der Waals surface area contributed by atoms with Crippen LogP contribution in [-0.4, -0.2) is 35.4 Å². The van der Waals surface area contributed by atoms with E-state index in [1.165, 1.54) is 12.0 Å². The third-order valence-corrected chi connectivity index (χ3v) is 5.61. The number of hydrogen-bond donors (Lipinski definition) is 0. The Labute approximate surface area is 126 Å².